The minimum Gasteiger partial charge on any atom is -0.383 e. The quantitative estimate of drug-likeness (QED) is 0.246. The normalized spacial score (nSPS) is 16.3. The molecule has 2 aromatic rings. The van der Waals surface area contributed by atoms with E-state index in [1.54, 1.807) is 25.2 Å². The lowest BCUT2D eigenvalue weighted by Gasteiger charge is -2.23. The Morgan fingerprint density at radius 1 is 0.935 bits per heavy atom. The van der Waals surface area contributed by atoms with Crippen molar-refractivity contribution < 1.29 is 14.4 Å². The van der Waals surface area contributed by atoms with Crippen LogP contribution in [0, 0.1) is 0 Å². The second kappa shape index (κ2) is 10.9. The van der Waals surface area contributed by atoms with Crippen LogP contribution >= 0.6 is 0 Å². The predicted molar refractivity (Wildman–Crippen MR) is 123 cm³/mol. The number of rotatable bonds is 9. The van der Waals surface area contributed by atoms with Gasteiger partial charge >= 0.3 is 0 Å². The van der Waals surface area contributed by atoms with Crippen molar-refractivity contribution >= 4 is 17.3 Å². The van der Waals surface area contributed by atoms with Gasteiger partial charge in [-0.2, -0.15) is 0 Å². The van der Waals surface area contributed by atoms with E-state index in [2.05, 4.69) is 24.3 Å². The third-order valence-corrected chi connectivity index (χ3v) is 5.74. The number of carbonyl (C=O) groups is 3. The number of aryl methyl sites for hydroxylation is 1. The molecule has 0 atom stereocenters. The van der Waals surface area contributed by atoms with E-state index in [4.69, 9.17) is 0 Å². The molecule has 0 heterocycles. The number of benzene rings is 2. The maximum atomic E-state index is 12.7. The summed E-state index contributed by atoms with van der Waals surface area (Å²) in [6.07, 6.45) is 6.76. The van der Waals surface area contributed by atoms with Gasteiger partial charge in [0.2, 0.25) is 0 Å². The second-order valence-corrected chi connectivity index (χ2v) is 8.55. The van der Waals surface area contributed by atoms with Crippen molar-refractivity contribution in [1.82, 2.24) is 4.90 Å². The van der Waals surface area contributed by atoms with E-state index >= 15 is 0 Å². The second-order valence-electron chi connectivity index (χ2n) is 8.55. The van der Waals surface area contributed by atoms with Crippen LogP contribution in [0.15, 0.2) is 66.4 Å². The van der Waals surface area contributed by atoms with Crippen molar-refractivity contribution in [1.29, 1.82) is 0 Å². The molecular formula is C27H31NO3. The van der Waals surface area contributed by atoms with Gasteiger partial charge in [0.15, 0.2) is 17.3 Å². The van der Waals surface area contributed by atoms with E-state index in [9.17, 15) is 14.4 Å². The average Bonchev–Trinajstić information content (AvgIpc) is 2.76. The molecule has 0 unspecified atom stereocenters. The number of hydrogen-bond acceptors (Lipinski definition) is 4. The highest BCUT2D eigenvalue weighted by atomic mass is 16.2. The standard InChI is InChI=1S/C27H31NO3/c1-28(2)19-24-26(30)17-23(18-27(24)31)21-13-9-14-22(16-21)25(29)15-8-4-7-12-20-10-5-3-6-11-20/h3,5-6,9-11,13-14,16,19,23H,4,7-8,12,15,17-18H2,1-2H3. The van der Waals surface area contributed by atoms with Crippen molar-refractivity contribution in [3.8, 4) is 0 Å². The van der Waals surface area contributed by atoms with Gasteiger partial charge in [-0.05, 0) is 42.4 Å². The minimum absolute atomic E-state index is 0.120. The summed E-state index contributed by atoms with van der Waals surface area (Å²) < 4.78 is 0. The molecule has 4 heteroatoms. The van der Waals surface area contributed by atoms with E-state index in [1.165, 1.54) is 5.56 Å². The summed E-state index contributed by atoms with van der Waals surface area (Å²) >= 11 is 0. The first-order valence-electron chi connectivity index (χ1n) is 11.1. The number of allylic oxidation sites excluding steroid dienone is 1. The molecule has 0 spiro atoms. The van der Waals surface area contributed by atoms with Crippen LogP contribution in [0.4, 0.5) is 0 Å². The molecule has 0 N–H and O–H groups in total. The van der Waals surface area contributed by atoms with Gasteiger partial charge in [-0.3, -0.25) is 14.4 Å². The molecule has 1 saturated carbocycles. The predicted octanol–water partition coefficient (Wildman–Crippen LogP) is 5.13. The van der Waals surface area contributed by atoms with Crippen molar-refractivity contribution in [2.45, 2.75) is 50.9 Å². The van der Waals surface area contributed by atoms with Gasteiger partial charge in [0.25, 0.3) is 0 Å². The van der Waals surface area contributed by atoms with Crippen molar-refractivity contribution in [2.24, 2.45) is 0 Å². The molecule has 1 aliphatic rings. The Morgan fingerprint density at radius 2 is 1.65 bits per heavy atom. The molecule has 0 amide bonds. The van der Waals surface area contributed by atoms with Gasteiger partial charge in [0, 0.05) is 45.1 Å². The number of nitrogens with zero attached hydrogens (tertiary/aromatic N) is 1. The molecule has 0 bridgehead atoms. The highest BCUT2D eigenvalue weighted by molar-refractivity contribution is 6.22. The monoisotopic (exact) mass is 417 g/mol. The summed E-state index contributed by atoms with van der Waals surface area (Å²) in [4.78, 5) is 39.3. The van der Waals surface area contributed by atoms with Crippen LogP contribution in [0.25, 0.3) is 0 Å². The van der Waals surface area contributed by atoms with E-state index < -0.39 is 0 Å². The van der Waals surface area contributed by atoms with Gasteiger partial charge in [-0.15, -0.1) is 0 Å². The Kier molecular flexibility index (Phi) is 7.94. The molecule has 162 valence electrons. The summed E-state index contributed by atoms with van der Waals surface area (Å²) in [5.41, 5.74) is 3.20. The first kappa shape index (κ1) is 22.7. The van der Waals surface area contributed by atoms with Crippen LogP contribution in [-0.2, 0) is 16.0 Å². The average molecular weight is 418 g/mol. The third kappa shape index (κ3) is 6.48. The van der Waals surface area contributed by atoms with Crippen LogP contribution in [0.3, 0.4) is 0 Å². The zero-order chi connectivity index (χ0) is 22.2. The summed E-state index contributed by atoms with van der Waals surface area (Å²) in [5, 5.41) is 0. The molecule has 2 aromatic carbocycles. The molecular weight excluding hydrogens is 386 g/mol. The number of unbranched alkanes of at least 4 members (excludes halogenated alkanes) is 2. The van der Waals surface area contributed by atoms with Crippen LogP contribution in [0.5, 0.6) is 0 Å². The highest BCUT2D eigenvalue weighted by Gasteiger charge is 2.31. The van der Waals surface area contributed by atoms with E-state index in [1.807, 2.05) is 30.3 Å². The zero-order valence-electron chi connectivity index (χ0n) is 18.5. The van der Waals surface area contributed by atoms with E-state index in [-0.39, 0.29) is 28.8 Å². The van der Waals surface area contributed by atoms with Crippen LogP contribution in [0.1, 0.15) is 65.9 Å². The lowest BCUT2D eigenvalue weighted by Crippen LogP contribution is -2.26. The smallest absolute Gasteiger partial charge is 0.168 e. The Hall–Kier alpha value is -3.01. The lowest BCUT2D eigenvalue weighted by atomic mass is 9.79. The Morgan fingerprint density at radius 3 is 2.32 bits per heavy atom. The Bertz CT molecular complexity index is 939. The molecule has 1 fully saturated rings. The molecule has 0 radical (unpaired) electrons. The van der Waals surface area contributed by atoms with Crippen molar-refractivity contribution in [2.75, 3.05) is 14.1 Å². The number of ketones is 3. The van der Waals surface area contributed by atoms with Gasteiger partial charge in [0.1, 0.15) is 0 Å². The summed E-state index contributed by atoms with van der Waals surface area (Å²) in [7, 11) is 3.60. The maximum Gasteiger partial charge on any atom is 0.168 e. The summed E-state index contributed by atoms with van der Waals surface area (Å²) in [5.74, 6) is -0.267. The van der Waals surface area contributed by atoms with Gasteiger partial charge in [-0.1, -0.05) is 55.0 Å². The van der Waals surface area contributed by atoms with Crippen molar-refractivity contribution in [3.05, 3.63) is 83.1 Å². The first-order valence-corrected chi connectivity index (χ1v) is 11.1. The van der Waals surface area contributed by atoms with Crippen molar-refractivity contribution in [3.63, 3.8) is 0 Å². The summed E-state index contributed by atoms with van der Waals surface area (Å²) in [6, 6.07) is 17.9. The largest absolute Gasteiger partial charge is 0.383 e. The number of Topliss-reactive ketones (excluding diaryl/α,β-unsaturated/α-hetero) is 3. The topological polar surface area (TPSA) is 54.5 Å². The number of carbonyl (C=O) groups excluding carboxylic acids is 3. The van der Waals surface area contributed by atoms with Crippen LogP contribution < -0.4 is 0 Å². The Labute approximate surface area is 185 Å². The molecule has 1 aliphatic carbocycles. The fraction of sp³-hybridized carbons (Fsp3) is 0.370. The van der Waals surface area contributed by atoms with Gasteiger partial charge < -0.3 is 4.90 Å². The summed E-state index contributed by atoms with van der Waals surface area (Å²) in [6.45, 7) is 0. The fourth-order valence-corrected chi connectivity index (χ4v) is 4.08. The van der Waals surface area contributed by atoms with Crippen LogP contribution in [0.2, 0.25) is 0 Å². The molecule has 4 nitrogen and oxygen atoms in total. The van der Waals surface area contributed by atoms with Gasteiger partial charge in [-0.25, -0.2) is 0 Å². The van der Waals surface area contributed by atoms with Crippen LogP contribution in [-0.4, -0.2) is 36.3 Å². The minimum atomic E-state index is -0.155. The Balaban J connectivity index is 1.53. The maximum absolute atomic E-state index is 12.7. The fourth-order valence-electron chi connectivity index (χ4n) is 4.08. The van der Waals surface area contributed by atoms with E-state index in [0.29, 0.717) is 24.8 Å². The molecule has 0 saturated heterocycles. The SMILES string of the molecule is CN(C)C=C1C(=O)CC(c2cccc(C(=O)CCCCCc3ccccc3)c2)CC1=O. The first-order chi connectivity index (χ1) is 14.9. The molecule has 3 rings (SSSR count). The van der Waals surface area contributed by atoms with Gasteiger partial charge in [0.05, 0.1) is 5.57 Å². The number of hydrogen-bond donors (Lipinski definition) is 0. The zero-order valence-corrected chi connectivity index (χ0v) is 18.5. The molecule has 0 aromatic heterocycles. The lowest BCUT2D eigenvalue weighted by molar-refractivity contribution is -0.124. The third-order valence-electron chi connectivity index (χ3n) is 5.74. The highest BCUT2D eigenvalue weighted by Crippen LogP contribution is 2.32. The van der Waals surface area contributed by atoms with E-state index in [0.717, 1.165) is 31.2 Å². The molecule has 31 heavy (non-hydrogen) atoms. The molecule has 0 aliphatic heterocycles.